The van der Waals surface area contributed by atoms with Crippen LogP contribution in [0.2, 0.25) is 0 Å². The number of ether oxygens (including phenoxy) is 2. The third-order valence-corrected chi connectivity index (χ3v) is 5.02. The maximum atomic E-state index is 12.7. The van der Waals surface area contributed by atoms with Gasteiger partial charge in [0.1, 0.15) is 11.5 Å². The average molecular weight is 540 g/mol. The zero-order valence-corrected chi connectivity index (χ0v) is 19.9. The molecule has 0 bridgehead atoms. The van der Waals surface area contributed by atoms with E-state index in [0.29, 0.717) is 30.4 Å². The predicted molar refractivity (Wildman–Crippen MR) is 123 cm³/mol. The Morgan fingerprint density at radius 1 is 1.28 bits per heavy atom. The van der Waals surface area contributed by atoms with Gasteiger partial charge >= 0.3 is 6.61 Å². The zero-order chi connectivity index (χ0) is 20.4. The number of methoxy groups -OCH3 is 1. The van der Waals surface area contributed by atoms with E-state index in [1.54, 1.807) is 23.5 Å². The number of halogens is 3. The summed E-state index contributed by atoms with van der Waals surface area (Å²) < 4.78 is 35.0. The molecule has 0 saturated heterocycles. The van der Waals surface area contributed by atoms with Crippen LogP contribution in [0.5, 0.6) is 11.5 Å². The molecule has 0 aliphatic heterocycles. The van der Waals surface area contributed by atoms with Gasteiger partial charge in [0, 0.05) is 42.2 Å². The van der Waals surface area contributed by atoms with Crippen molar-refractivity contribution in [1.29, 1.82) is 0 Å². The fourth-order valence-electron chi connectivity index (χ4n) is 2.42. The summed E-state index contributed by atoms with van der Waals surface area (Å²) in [7, 11) is 1.47. The van der Waals surface area contributed by atoms with Gasteiger partial charge in [0.15, 0.2) is 5.96 Å². The number of hydrogen-bond acceptors (Lipinski definition) is 5. The normalized spacial score (nSPS) is 11.2. The molecule has 0 saturated carbocycles. The van der Waals surface area contributed by atoms with Gasteiger partial charge in [-0.1, -0.05) is 6.92 Å². The third-order valence-electron chi connectivity index (χ3n) is 3.82. The molecule has 2 rings (SSSR count). The summed E-state index contributed by atoms with van der Waals surface area (Å²) in [5, 5.41) is 7.46. The Labute approximate surface area is 191 Å². The Kier molecular flexibility index (Phi) is 11.8. The smallest absolute Gasteiger partial charge is 0.387 e. The van der Waals surface area contributed by atoms with E-state index in [1.165, 1.54) is 18.1 Å². The van der Waals surface area contributed by atoms with E-state index in [9.17, 15) is 8.78 Å². The molecule has 0 spiro atoms. The number of nitrogens with one attached hydrogen (secondary N) is 2. The third kappa shape index (κ3) is 8.69. The first-order valence-corrected chi connectivity index (χ1v) is 9.94. The van der Waals surface area contributed by atoms with E-state index in [0.717, 1.165) is 17.8 Å². The minimum Gasteiger partial charge on any atom is -0.497 e. The molecule has 0 aliphatic rings. The van der Waals surface area contributed by atoms with Crippen LogP contribution in [0.1, 0.15) is 29.3 Å². The molecule has 2 aromatic rings. The molecular weight excluding hydrogens is 513 g/mol. The fourth-order valence-corrected chi connectivity index (χ4v) is 3.28. The number of aliphatic imine (C=N–C) groups is 1. The molecule has 0 aliphatic carbocycles. The van der Waals surface area contributed by atoms with Crippen molar-refractivity contribution in [3.63, 3.8) is 0 Å². The van der Waals surface area contributed by atoms with Gasteiger partial charge in [-0.2, -0.15) is 8.78 Å². The standard InChI is InChI=1S/C19H26F2N4O2S.HI/c1-4-15-12-24-17(28-15)8-9-23-19(22-5-2)25-11-13-6-7-14(26-3)10-16(13)27-18(20)21;/h6-7,10,12,18H,4-5,8-9,11H2,1-3H3,(H2,22,23,25);1H. The Hall–Kier alpha value is -1.69. The SMILES string of the molecule is CCNC(=NCc1ccc(OC)cc1OC(F)F)NCCc1ncc(CC)s1.I. The van der Waals surface area contributed by atoms with Gasteiger partial charge in [0.2, 0.25) is 0 Å². The molecule has 0 atom stereocenters. The first kappa shape index (κ1) is 25.3. The van der Waals surface area contributed by atoms with E-state index < -0.39 is 6.61 Å². The predicted octanol–water partition coefficient (Wildman–Crippen LogP) is 4.23. The summed E-state index contributed by atoms with van der Waals surface area (Å²) in [6, 6.07) is 4.80. The first-order chi connectivity index (χ1) is 13.5. The van der Waals surface area contributed by atoms with Gasteiger partial charge in [-0.05, 0) is 25.5 Å². The van der Waals surface area contributed by atoms with Gasteiger partial charge in [0.25, 0.3) is 0 Å². The topological polar surface area (TPSA) is 67.8 Å². The number of nitrogens with zero attached hydrogens (tertiary/aromatic N) is 2. The maximum Gasteiger partial charge on any atom is 0.387 e. The monoisotopic (exact) mass is 540 g/mol. The van der Waals surface area contributed by atoms with Crippen LogP contribution < -0.4 is 20.1 Å². The lowest BCUT2D eigenvalue weighted by molar-refractivity contribution is -0.0505. The molecule has 0 fully saturated rings. The van der Waals surface area contributed by atoms with Crippen molar-refractivity contribution in [2.45, 2.75) is 39.8 Å². The van der Waals surface area contributed by atoms with Crippen LogP contribution in [0.3, 0.4) is 0 Å². The second-order valence-corrected chi connectivity index (χ2v) is 7.00. The molecular formula is C19H27F2IN4O2S. The molecule has 0 radical (unpaired) electrons. The minimum absolute atomic E-state index is 0. The van der Waals surface area contributed by atoms with Gasteiger partial charge < -0.3 is 20.1 Å². The van der Waals surface area contributed by atoms with Crippen molar-refractivity contribution in [2.24, 2.45) is 4.99 Å². The zero-order valence-electron chi connectivity index (χ0n) is 16.7. The van der Waals surface area contributed by atoms with Crippen LogP contribution in [0.15, 0.2) is 29.4 Å². The number of guanidine groups is 1. The van der Waals surface area contributed by atoms with Crippen molar-refractivity contribution < 1.29 is 18.3 Å². The number of rotatable bonds is 10. The lowest BCUT2D eigenvalue weighted by atomic mass is 10.2. The molecule has 162 valence electrons. The van der Waals surface area contributed by atoms with Crippen LogP contribution in [0.4, 0.5) is 8.78 Å². The molecule has 2 N–H and O–H groups in total. The highest BCUT2D eigenvalue weighted by Crippen LogP contribution is 2.27. The van der Waals surface area contributed by atoms with E-state index >= 15 is 0 Å². The Morgan fingerprint density at radius 3 is 2.69 bits per heavy atom. The Balaban J connectivity index is 0.00000420. The highest BCUT2D eigenvalue weighted by atomic mass is 127. The van der Waals surface area contributed by atoms with Crippen molar-refractivity contribution in [2.75, 3.05) is 20.2 Å². The highest BCUT2D eigenvalue weighted by Gasteiger charge is 2.11. The largest absolute Gasteiger partial charge is 0.497 e. The number of aryl methyl sites for hydroxylation is 1. The summed E-state index contributed by atoms with van der Waals surface area (Å²) in [5.74, 6) is 1.11. The second-order valence-electron chi connectivity index (χ2n) is 5.80. The highest BCUT2D eigenvalue weighted by molar-refractivity contribution is 14.0. The van der Waals surface area contributed by atoms with Gasteiger partial charge in [-0.15, -0.1) is 35.3 Å². The minimum atomic E-state index is -2.91. The van der Waals surface area contributed by atoms with E-state index in [-0.39, 0.29) is 36.3 Å². The first-order valence-electron chi connectivity index (χ1n) is 9.13. The van der Waals surface area contributed by atoms with Crippen molar-refractivity contribution >= 4 is 41.3 Å². The molecule has 6 nitrogen and oxygen atoms in total. The molecule has 10 heteroatoms. The molecule has 1 aromatic carbocycles. The number of benzene rings is 1. The van der Waals surface area contributed by atoms with Gasteiger partial charge in [-0.3, -0.25) is 0 Å². The number of hydrogen-bond donors (Lipinski definition) is 2. The van der Waals surface area contributed by atoms with Crippen LogP contribution in [0.25, 0.3) is 0 Å². The summed E-state index contributed by atoms with van der Waals surface area (Å²) in [6.07, 6.45) is 3.69. The quantitative estimate of drug-likeness (QED) is 0.268. The van der Waals surface area contributed by atoms with Crippen LogP contribution in [-0.4, -0.2) is 37.8 Å². The molecule has 0 amide bonds. The summed E-state index contributed by atoms with van der Waals surface area (Å²) in [6.45, 7) is 2.71. The van der Waals surface area contributed by atoms with E-state index in [1.807, 2.05) is 13.1 Å². The van der Waals surface area contributed by atoms with Crippen LogP contribution in [-0.2, 0) is 19.4 Å². The summed E-state index contributed by atoms with van der Waals surface area (Å²) in [5.41, 5.74) is 0.547. The average Bonchev–Trinajstić information content (AvgIpc) is 3.14. The Morgan fingerprint density at radius 2 is 2.07 bits per heavy atom. The maximum absolute atomic E-state index is 12.7. The van der Waals surface area contributed by atoms with Crippen LogP contribution >= 0.6 is 35.3 Å². The van der Waals surface area contributed by atoms with Crippen molar-refractivity contribution in [3.05, 3.63) is 39.8 Å². The van der Waals surface area contributed by atoms with Crippen molar-refractivity contribution in [1.82, 2.24) is 15.6 Å². The van der Waals surface area contributed by atoms with E-state index in [2.05, 4.69) is 32.3 Å². The van der Waals surface area contributed by atoms with E-state index in [4.69, 9.17) is 4.74 Å². The van der Waals surface area contributed by atoms with Crippen LogP contribution in [0, 0.1) is 0 Å². The van der Waals surface area contributed by atoms with Crippen molar-refractivity contribution in [3.8, 4) is 11.5 Å². The molecule has 0 unspecified atom stereocenters. The fraction of sp³-hybridized carbons (Fsp3) is 0.474. The van der Waals surface area contributed by atoms with Gasteiger partial charge in [0.05, 0.1) is 18.7 Å². The second kappa shape index (κ2) is 13.5. The lowest BCUT2D eigenvalue weighted by Crippen LogP contribution is -2.38. The molecule has 1 aromatic heterocycles. The Bertz CT molecular complexity index is 774. The number of thiazole rings is 1. The summed E-state index contributed by atoms with van der Waals surface area (Å²) >= 11 is 1.71. The number of alkyl halides is 2. The molecule has 29 heavy (non-hydrogen) atoms. The molecule has 1 heterocycles. The lowest BCUT2D eigenvalue weighted by Gasteiger charge is -2.13. The van der Waals surface area contributed by atoms with Gasteiger partial charge in [-0.25, -0.2) is 9.98 Å². The number of aromatic nitrogens is 1. The summed E-state index contributed by atoms with van der Waals surface area (Å²) in [4.78, 5) is 10.1.